The molecule has 142 valence electrons. The molecule has 6 heteroatoms. The smallest absolute Gasteiger partial charge is 0.346 e. The van der Waals surface area contributed by atoms with E-state index in [-0.39, 0.29) is 5.92 Å². The van der Waals surface area contributed by atoms with E-state index in [2.05, 4.69) is 16.9 Å². The van der Waals surface area contributed by atoms with Gasteiger partial charge in [-0.25, -0.2) is 19.6 Å². The summed E-state index contributed by atoms with van der Waals surface area (Å²) < 4.78 is 11.0. The van der Waals surface area contributed by atoms with Gasteiger partial charge in [-0.1, -0.05) is 44.0 Å². The quantitative estimate of drug-likeness (QED) is 0.501. The molecule has 2 heterocycles. The SMILES string of the molecule is CCCCC(Cc1nc2ccccc2c(=O)o1)c1nc2ccccc2c(=O)o1. The van der Waals surface area contributed by atoms with Crippen molar-refractivity contribution in [1.82, 2.24) is 9.97 Å². The van der Waals surface area contributed by atoms with Crippen LogP contribution in [0.15, 0.2) is 67.0 Å². The molecule has 1 unspecified atom stereocenters. The molecule has 0 fully saturated rings. The Labute approximate surface area is 160 Å². The van der Waals surface area contributed by atoms with E-state index < -0.39 is 11.3 Å². The number of aromatic nitrogens is 2. The van der Waals surface area contributed by atoms with Gasteiger partial charge in [0.15, 0.2) is 5.89 Å². The molecule has 28 heavy (non-hydrogen) atoms. The zero-order valence-electron chi connectivity index (χ0n) is 15.6. The van der Waals surface area contributed by atoms with Crippen molar-refractivity contribution in [3.63, 3.8) is 0 Å². The van der Waals surface area contributed by atoms with Crippen LogP contribution in [-0.2, 0) is 6.42 Å². The lowest BCUT2D eigenvalue weighted by atomic mass is 9.98. The Kier molecular flexibility index (Phi) is 5.02. The molecule has 0 aliphatic carbocycles. The van der Waals surface area contributed by atoms with Gasteiger partial charge in [0.05, 0.1) is 21.8 Å². The van der Waals surface area contributed by atoms with Gasteiger partial charge < -0.3 is 8.83 Å². The molecular weight excluding hydrogens is 356 g/mol. The highest BCUT2D eigenvalue weighted by Crippen LogP contribution is 2.25. The highest BCUT2D eigenvalue weighted by Gasteiger charge is 2.21. The molecule has 0 saturated carbocycles. The minimum atomic E-state index is -0.414. The van der Waals surface area contributed by atoms with E-state index in [1.54, 1.807) is 36.4 Å². The van der Waals surface area contributed by atoms with Crippen LogP contribution in [-0.4, -0.2) is 9.97 Å². The molecule has 0 aliphatic rings. The van der Waals surface area contributed by atoms with Gasteiger partial charge in [-0.3, -0.25) is 0 Å². The molecule has 2 aromatic heterocycles. The van der Waals surface area contributed by atoms with E-state index in [4.69, 9.17) is 8.83 Å². The van der Waals surface area contributed by atoms with E-state index in [9.17, 15) is 9.59 Å². The van der Waals surface area contributed by atoms with Gasteiger partial charge in [0, 0.05) is 12.3 Å². The largest absolute Gasteiger partial charge is 0.408 e. The zero-order valence-corrected chi connectivity index (χ0v) is 15.6. The van der Waals surface area contributed by atoms with Gasteiger partial charge in [0.25, 0.3) is 0 Å². The fraction of sp³-hybridized carbons (Fsp3) is 0.273. The predicted molar refractivity (Wildman–Crippen MR) is 107 cm³/mol. The van der Waals surface area contributed by atoms with Gasteiger partial charge in [0.1, 0.15) is 0 Å². The normalized spacial score (nSPS) is 12.5. The van der Waals surface area contributed by atoms with Crippen LogP contribution < -0.4 is 11.3 Å². The summed E-state index contributed by atoms with van der Waals surface area (Å²) in [6.45, 7) is 2.09. The Morgan fingerprint density at radius 2 is 1.46 bits per heavy atom. The maximum absolute atomic E-state index is 12.4. The van der Waals surface area contributed by atoms with E-state index in [1.807, 2.05) is 12.1 Å². The first-order chi connectivity index (χ1) is 13.7. The Morgan fingerprint density at radius 1 is 0.857 bits per heavy atom. The first-order valence-electron chi connectivity index (χ1n) is 9.44. The summed E-state index contributed by atoms with van der Waals surface area (Å²) >= 11 is 0. The summed E-state index contributed by atoms with van der Waals surface area (Å²) in [5, 5.41) is 0.905. The maximum Gasteiger partial charge on any atom is 0.346 e. The lowest BCUT2D eigenvalue weighted by Gasteiger charge is -2.14. The van der Waals surface area contributed by atoms with Crippen LogP contribution in [0.3, 0.4) is 0 Å². The van der Waals surface area contributed by atoms with E-state index in [1.165, 1.54) is 0 Å². The van der Waals surface area contributed by atoms with Crippen molar-refractivity contribution in [2.45, 2.75) is 38.5 Å². The molecule has 6 nitrogen and oxygen atoms in total. The predicted octanol–water partition coefficient (Wildman–Crippen LogP) is 4.21. The lowest BCUT2D eigenvalue weighted by Crippen LogP contribution is -2.13. The van der Waals surface area contributed by atoms with Gasteiger partial charge in [-0.15, -0.1) is 0 Å². The van der Waals surface area contributed by atoms with Crippen molar-refractivity contribution >= 4 is 21.8 Å². The fourth-order valence-electron chi connectivity index (χ4n) is 3.33. The van der Waals surface area contributed by atoms with Gasteiger partial charge in [-0.05, 0) is 30.7 Å². The molecule has 1 atom stereocenters. The Balaban J connectivity index is 1.75. The van der Waals surface area contributed by atoms with Gasteiger partial charge in [0.2, 0.25) is 5.89 Å². The summed E-state index contributed by atoms with van der Waals surface area (Å²) in [6.07, 6.45) is 3.02. The highest BCUT2D eigenvalue weighted by molar-refractivity contribution is 5.77. The average molecular weight is 376 g/mol. The first-order valence-corrected chi connectivity index (χ1v) is 9.44. The molecular formula is C22H20N2O4. The van der Waals surface area contributed by atoms with Crippen LogP contribution in [0.1, 0.15) is 43.9 Å². The third kappa shape index (κ3) is 3.58. The average Bonchev–Trinajstić information content (AvgIpc) is 2.71. The van der Waals surface area contributed by atoms with Crippen molar-refractivity contribution in [3.8, 4) is 0 Å². The zero-order chi connectivity index (χ0) is 19.5. The first kappa shape index (κ1) is 18.1. The van der Waals surface area contributed by atoms with E-state index in [0.29, 0.717) is 40.0 Å². The molecule has 0 saturated heterocycles. The maximum atomic E-state index is 12.4. The second-order valence-electron chi connectivity index (χ2n) is 6.81. The standard InChI is InChI=1S/C22H20N2O4/c1-2-3-8-14(20-24-18-12-7-5-10-16(18)22(26)28-20)13-19-23-17-11-6-4-9-15(17)21(25)27-19/h4-7,9-12,14H,2-3,8,13H2,1H3. The molecule has 0 bridgehead atoms. The second-order valence-corrected chi connectivity index (χ2v) is 6.81. The number of unbranched alkanes of at least 4 members (excludes halogenated alkanes) is 1. The number of hydrogen-bond donors (Lipinski definition) is 0. The monoisotopic (exact) mass is 376 g/mol. The Bertz CT molecular complexity index is 1240. The molecule has 0 spiro atoms. The fourth-order valence-corrected chi connectivity index (χ4v) is 3.33. The summed E-state index contributed by atoms with van der Waals surface area (Å²) in [5.41, 5.74) is 0.372. The summed E-state index contributed by atoms with van der Waals surface area (Å²) in [5.74, 6) is 0.478. The summed E-state index contributed by atoms with van der Waals surface area (Å²) in [4.78, 5) is 33.7. The van der Waals surface area contributed by atoms with E-state index in [0.717, 1.165) is 19.3 Å². The third-order valence-corrected chi connectivity index (χ3v) is 4.81. The summed E-state index contributed by atoms with van der Waals surface area (Å²) in [6, 6.07) is 14.2. The number of nitrogens with zero attached hydrogens (tertiary/aromatic N) is 2. The van der Waals surface area contributed by atoms with Crippen molar-refractivity contribution < 1.29 is 8.83 Å². The van der Waals surface area contributed by atoms with Gasteiger partial charge >= 0.3 is 11.3 Å². The van der Waals surface area contributed by atoms with E-state index >= 15 is 0 Å². The molecule has 0 amide bonds. The molecule has 0 aliphatic heterocycles. The van der Waals surface area contributed by atoms with Crippen molar-refractivity contribution in [2.24, 2.45) is 0 Å². The summed E-state index contributed by atoms with van der Waals surface area (Å²) in [7, 11) is 0. The molecule has 4 aromatic rings. The van der Waals surface area contributed by atoms with Crippen LogP contribution in [0.5, 0.6) is 0 Å². The topological polar surface area (TPSA) is 86.2 Å². The Morgan fingerprint density at radius 3 is 2.14 bits per heavy atom. The second kappa shape index (κ2) is 7.76. The van der Waals surface area contributed by atoms with Crippen LogP contribution >= 0.6 is 0 Å². The van der Waals surface area contributed by atoms with Crippen LogP contribution in [0.25, 0.3) is 21.8 Å². The lowest BCUT2D eigenvalue weighted by molar-refractivity contribution is 0.356. The van der Waals surface area contributed by atoms with Crippen LogP contribution in [0.2, 0.25) is 0 Å². The molecule has 4 rings (SSSR count). The Hall–Kier alpha value is -3.28. The van der Waals surface area contributed by atoms with Crippen LogP contribution in [0.4, 0.5) is 0 Å². The molecule has 0 N–H and O–H groups in total. The highest BCUT2D eigenvalue weighted by atomic mass is 16.4. The number of fused-ring (bicyclic) bond motifs is 2. The third-order valence-electron chi connectivity index (χ3n) is 4.81. The number of para-hydroxylation sites is 2. The number of benzene rings is 2. The van der Waals surface area contributed by atoms with Crippen molar-refractivity contribution in [1.29, 1.82) is 0 Å². The van der Waals surface area contributed by atoms with Crippen molar-refractivity contribution in [2.75, 3.05) is 0 Å². The minimum Gasteiger partial charge on any atom is -0.408 e. The minimum absolute atomic E-state index is 0.200. The van der Waals surface area contributed by atoms with Crippen molar-refractivity contribution in [3.05, 3.63) is 81.2 Å². The molecule has 2 aromatic carbocycles. The number of hydrogen-bond acceptors (Lipinski definition) is 6. The molecule has 0 radical (unpaired) electrons. The number of rotatable bonds is 6. The van der Waals surface area contributed by atoms with Crippen LogP contribution in [0, 0.1) is 0 Å². The van der Waals surface area contributed by atoms with Gasteiger partial charge in [-0.2, -0.15) is 0 Å².